The second-order valence-electron chi connectivity index (χ2n) is 5.12. The van der Waals surface area contributed by atoms with E-state index in [9.17, 15) is 4.79 Å². The molecule has 0 unspecified atom stereocenters. The molecular weight excluding hydrogens is 308 g/mol. The quantitative estimate of drug-likeness (QED) is 0.604. The van der Waals surface area contributed by atoms with Crippen molar-refractivity contribution in [1.29, 1.82) is 0 Å². The summed E-state index contributed by atoms with van der Waals surface area (Å²) >= 11 is 5.94. The summed E-state index contributed by atoms with van der Waals surface area (Å²) in [7, 11) is 0. The molecule has 0 aromatic heterocycles. The van der Waals surface area contributed by atoms with Crippen LogP contribution >= 0.6 is 11.6 Å². The maximum atomic E-state index is 12.4. The third kappa shape index (κ3) is 3.79. The molecule has 3 aromatic carbocycles. The molecule has 3 heteroatoms. The summed E-state index contributed by atoms with van der Waals surface area (Å²) in [5.74, 6) is -0.343. The highest BCUT2D eigenvalue weighted by atomic mass is 35.5. The van der Waals surface area contributed by atoms with E-state index in [0.717, 1.165) is 16.7 Å². The molecular formula is C20H15ClO2. The predicted octanol–water partition coefficient (Wildman–Crippen LogP) is 5.36. The topological polar surface area (TPSA) is 26.3 Å². The summed E-state index contributed by atoms with van der Waals surface area (Å²) in [6.07, 6.45) is 0. The molecule has 0 atom stereocenters. The van der Waals surface area contributed by atoms with E-state index in [-0.39, 0.29) is 12.6 Å². The molecule has 0 spiro atoms. The monoisotopic (exact) mass is 322 g/mol. The molecule has 114 valence electrons. The van der Waals surface area contributed by atoms with Crippen LogP contribution in [-0.2, 0) is 11.3 Å². The number of benzene rings is 3. The van der Waals surface area contributed by atoms with Gasteiger partial charge >= 0.3 is 5.97 Å². The van der Waals surface area contributed by atoms with E-state index in [1.54, 1.807) is 18.2 Å². The van der Waals surface area contributed by atoms with Crippen LogP contribution in [0.1, 0.15) is 15.9 Å². The molecule has 0 heterocycles. The lowest BCUT2D eigenvalue weighted by Gasteiger charge is -2.10. The molecule has 3 aromatic rings. The Morgan fingerprint density at radius 3 is 2.39 bits per heavy atom. The molecule has 0 aliphatic heterocycles. The van der Waals surface area contributed by atoms with E-state index < -0.39 is 0 Å². The second-order valence-corrected chi connectivity index (χ2v) is 5.55. The smallest absolute Gasteiger partial charge is 0.339 e. The maximum Gasteiger partial charge on any atom is 0.339 e. The average molecular weight is 323 g/mol. The van der Waals surface area contributed by atoms with Crippen LogP contribution in [0.25, 0.3) is 11.1 Å². The van der Waals surface area contributed by atoms with Crippen molar-refractivity contribution >= 4 is 17.6 Å². The Hall–Kier alpha value is -2.58. The highest BCUT2D eigenvalue weighted by Gasteiger charge is 2.13. The van der Waals surface area contributed by atoms with Crippen molar-refractivity contribution in [2.45, 2.75) is 6.61 Å². The van der Waals surface area contributed by atoms with Crippen molar-refractivity contribution in [2.24, 2.45) is 0 Å². The van der Waals surface area contributed by atoms with E-state index in [1.165, 1.54) is 0 Å². The Balaban J connectivity index is 1.80. The average Bonchev–Trinajstić information content (AvgIpc) is 2.60. The lowest BCUT2D eigenvalue weighted by atomic mass is 10.00. The minimum atomic E-state index is -0.343. The fourth-order valence-corrected chi connectivity index (χ4v) is 2.60. The molecule has 23 heavy (non-hydrogen) atoms. The lowest BCUT2D eigenvalue weighted by molar-refractivity contribution is 0.0473. The number of ether oxygens (including phenoxy) is 1. The van der Waals surface area contributed by atoms with Crippen LogP contribution in [0.15, 0.2) is 78.9 Å². The van der Waals surface area contributed by atoms with Crippen molar-refractivity contribution in [3.63, 3.8) is 0 Å². The van der Waals surface area contributed by atoms with E-state index in [1.807, 2.05) is 60.7 Å². The van der Waals surface area contributed by atoms with E-state index >= 15 is 0 Å². The maximum absolute atomic E-state index is 12.4. The van der Waals surface area contributed by atoms with Gasteiger partial charge in [0.15, 0.2) is 0 Å². The molecule has 0 aliphatic carbocycles. The number of halogens is 1. The van der Waals surface area contributed by atoms with E-state index in [0.29, 0.717) is 10.6 Å². The summed E-state index contributed by atoms with van der Waals surface area (Å²) in [5.41, 5.74) is 3.27. The van der Waals surface area contributed by atoms with Crippen LogP contribution < -0.4 is 0 Å². The number of rotatable bonds is 4. The van der Waals surface area contributed by atoms with Gasteiger partial charge in [0.05, 0.1) is 5.56 Å². The van der Waals surface area contributed by atoms with Gasteiger partial charge < -0.3 is 4.74 Å². The third-order valence-electron chi connectivity index (χ3n) is 3.49. The van der Waals surface area contributed by atoms with Crippen molar-refractivity contribution in [1.82, 2.24) is 0 Å². The molecule has 0 aliphatic rings. The predicted molar refractivity (Wildman–Crippen MR) is 92.4 cm³/mol. The van der Waals surface area contributed by atoms with Crippen LogP contribution in [0, 0.1) is 0 Å². The first-order chi connectivity index (χ1) is 11.2. The van der Waals surface area contributed by atoms with Gasteiger partial charge in [-0.15, -0.1) is 0 Å². The second kappa shape index (κ2) is 7.12. The zero-order chi connectivity index (χ0) is 16.1. The van der Waals surface area contributed by atoms with Crippen molar-refractivity contribution in [2.75, 3.05) is 0 Å². The lowest BCUT2D eigenvalue weighted by Crippen LogP contribution is -2.07. The number of hydrogen-bond donors (Lipinski definition) is 0. The Labute approximate surface area is 140 Å². The molecule has 0 amide bonds. The van der Waals surface area contributed by atoms with Gasteiger partial charge in [-0.2, -0.15) is 0 Å². The van der Waals surface area contributed by atoms with Gasteiger partial charge in [-0.1, -0.05) is 72.3 Å². The molecule has 0 N–H and O–H groups in total. The fourth-order valence-electron chi connectivity index (χ4n) is 2.38. The zero-order valence-corrected chi connectivity index (χ0v) is 13.2. The van der Waals surface area contributed by atoms with Crippen LogP contribution in [0.5, 0.6) is 0 Å². The number of carbonyl (C=O) groups is 1. The van der Waals surface area contributed by atoms with Gasteiger partial charge in [0, 0.05) is 5.02 Å². The Morgan fingerprint density at radius 2 is 1.61 bits per heavy atom. The number of carbonyl (C=O) groups excluding carboxylic acids is 1. The molecule has 2 nitrogen and oxygen atoms in total. The molecule has 0 fully saturated rings. The van der Waals surface area contributed by atoms with Crippen molar-refractivity contribution in [3.05, 3.63) is 95.0 Å². The number of esters is 1. The molecule has 0 radical (unpaired) electrons. The van der Waals surface area contributed by atoms with Gasteiger partial charge in [-0.05, 0) is 34.9 Å². The van der Waals surface area contributed by atoms with Crippen LogP contribution in [0.4, 0.5) is 0 Å². The molecule has 3 rings (SSSR count). The first-order valence-electron chi connectivity index (χ1n) is 7.30. The van der Waals surface area contributed by atoms with E-state index in [2.05, 4.69) is 0 Å². The van der Waals surface area contributed by atoms with Crippen LogP contribution in [-0.4, -0.2) is 5.97 Å². The summed E-state index contributed by atoms with van der Waals surface area (Å²) in [4.78, 5) is 12.4. The fraction of sp³-hybridized carbons (Fsp3) is 0.0500. The highest BCUT2D eigenvalue weighted by Crippen LogP contribution is 2.24. The first-order valence-corrected chi connectivity index (χ1v) is 7.68. The Kier molecular flexibility index (Phi) is 4.74. The third-order valence-corrected chi connectivity index (χ3v) is 3.73. The molecule has 0 saturated heterocycles. The largest absolute Gasteiger partial charge is 0.457 e. The highest BCUT2D eigenvalue weighted by molar-refractivity contribution is 6.30. The minimum absolute atomic E-state index is 0.197. The van der Waals surface area contributed by atoms with Gasteiger partial charge in [0.25, 0.3) is 0 Å². The van der Waals surface area contributed by atoms with Crippen LogP contribution in [0.2, 0.25) is 5.02 Å². The zero-order valence-electron chi connectivity index (χ0n) is 12.4. The van der Waals surface area contributed by atoms with Crippen molar-refractivity contribution in [3.8, 4) is 11.1 Å². The van der Waals surface area contributed by atoms with Gasteiger partial charge in [0.2, 0.25) is 0 Å². The summed E-state index contributed by atoms with van der Waals surface area (Å²) < 4.78 is 5.43. The summed E-state index contributed by atoms with van der Waals surface area (Å²) in [6, 6.07) is 24.5. The standard InChI is InChI=1S/C20H15ClO2/c21-17-10-6-7-15(13-17)14-23-20(22)19-12-5-4-11-18(19)16-8-2-1-3-9-16/h1-13H,14H2. The molecule has 0 bridgehead atoms. The number of hydrogen-bond acceptors (Lipinski definition) is 2. The van der Waals surface area contributed by atoms with Gasteiger partial charge in [0.1, 0.15) is 6.61 Å². The van der Waals surface area contributed by atoms with Crippen LogP contribution in [0.3, 0.4) is 0 Å². The summed E-state index contributed by atoms with van der Waals surface area (Å²) in [6.45, 7) is 0.197. The van der Waals surface area contributed by atoms with Gasteiger partial charge in [-0.3, -0.25) is 0 Å². The SMILES string of the molecule is O=C(OCc1cccc(Cl)c1)c1ccccc1-c1ccccc1. The van der Waals surface area contributed by atoms with Gasteiger partial charge in [-0.25, -0.2) is 4.79 Å². The Bertz CT molecular complexity index is 813. The normalized spacial score (nSPS) is 10.3. The van der Waals surface area contributed by atoms with Crippen molar-refractivity contribution < 1.29 is 9.53 Å². The minimum Gasteiger partial charge on any atom is -0.457 e. The Morgan fingerprint density at radius 1 is 0.870 bits per heavy atom. The van der Waals surface area contributed by atoms with E-state index in [4.69, 9.17) is 16.3 Å². The first kappa shape index (κ1) is 15.3. The summed E-state index contributed by atoms with van der Waals surface area (Å²) in [5, 5.41) is 0.628. The molecule has 0 saturated carbocycles.